The van der Waals surface area contributed by atoms with Crippen LogP contribution in [0.4, 0.5) is 0 Å². The topological polar surface area (TPSA) is 27.0 Å². The Labute approximate surface area is 97.3 Å². The monoisotopic (exact) mass is 272 g/mol. The third kappa shape index (κ3) is 3.41. The van der Waals surface area contributed by atoms with Gasteiger partial charge in [-0.05, 0) is 35.8 Å². The standard InChI is InChI=1S/C10H13BrN2S/c1-8(2)13(4-3-12)6-10-5-9(11)7-14-10/h5,7-8H,4,6H2,1-2H3. The summed E-state index contributed by atoms with van der Waals surface area (Å²) in [5.41, 5.74) is 0. The zero-order chi connectivity index (χ0) is 10.6. The zero-order valence-electron chi connectivity index (χ0n) is 8.33. The molecule has 76 valence electrons. The minimum atomic E-state index is 0.413. The maximum absolute atomic E-state index is 8.67. The van der Waals surface area contributed by atoms with Gasteiger partial charge in [-0.1, -0.05) is 0 Å². The van der Waals surface area contributed by atoms with Gasteiger partial charge in [0.25, 0.3) is 0 Å². The van der Waals surface area contributed by atoms with Crippen LogP contribution in [0.15, 0.2) is 15.9 Å². The molecule has 0 aliphatic rings. The van der Waals surface area contributed by atoms with Gasteiger partial charge in [0, 0.05) is 27.3 Å². The minimum absolute atomic E-state index is 0.413. The van der Waals surface area contributed by atoms with E-state index in [1.54, 1.807) is 11.3 Å². The summed E-state index contributed by atoms with van der Waals surface area (Å²) in [7, 11) is 0. The van der Waals surface area contributed by atoms with Gasteiger partial charge >= 0.3 is 0 Å². The van der Waals surface area contributed by atoms with Crippen LogP contribution in [0.2, 0.25) is 0 Å². The molecule has 14 heavy (non-hydrogen) atoms. The molecule has 0 aliphatic heterocycles. The number of nitriles is 1. The first-order valence-electron chi connectivity index (χ1n) is 4.47. The van der Waals surface area contributed by atoms with Crippen molar-refractivity contribution in [3.05, 3.63) is 20.8 Å². The molecule has 0 radical (unpaired) electrons. The highest BCUT2D eigenvalue weighted by Crippen LogP contribution is 2.21. The summed E-state index contributed by atoms with van der Waals surface area (Å²) in [4.78, 5) is 3.44. The van der Waals surface area contributed by atoms with E-state index in [-0.39, 0.29) is 0 Å². The Morgan fingerprint density at radius 3 is 2.79 bits per heavy atom. The lowest BCUT2D eigenvalue weighted by Crippen LogP contribution is -2.30. The second-order valence-corrected chi connectivity index (χ2v) is 5.30. The van der Waals surface area contributed by atoms with Crippen molar-refractivity contribution in [3.63, 3.8) is 0 Å². The first-order chi connectivity index (χ1) is 6.63. The van der Waals surface area contributed by atoms with Crippen molar-refractivity contribution in [3.8, 4) is 6.07 Å². The van der Waals surface area contributed by atoms with Gasteiger partial charge < -0.3 is 0 Å². The van der Waals surface area contributed by atoms with Crippen molar-refractivity contribution in [1.82, 2.24) is 4.90 Å². The van der Waals surface area contributed by atoms with Crippen LogP contribution in [-0.4, -0.2) is 17.5 Å². The van der Waals surface area contributed by atoms with E-state index in [1.807, 2.05) is 0 Å². The van der Waals surface area contributed by atoms with Crippen molar-refractivity contribution in [2.24, 2.45) is 0 Å². The Kier molecular flexibility index (Phi) is 4.59. The molecule has 0 bridgehead atoms. The van der Waals surface area contributed by atoms with Gasteiger partial charge in [0.2, 0.25) is 0 Å². The fourth-order valence-corrected chi connectivity index (χ4v) is 2.62. The van der Waals surface area contributed by atoms with Gasteiger partial charge in [0.05, 0.1) is 12.6 Å². The minimum Gasteiger partial charge on any atom is -0.283 e. The molecule has 2 nitrogen and oxygen atoms in total. The highest BCUT2D eigenvalue weighted by atomic mass is 79.9. The lowest BCUT2D eigenvalue weighted by molar-refractivity contribution is 0.242. The van der Waals surface area contributed by atoms with Gasteiger partial charge in [-0.15, -0.1) is 11.3 Å². The summed E-state index contributed by atoms with van der Waals surface area (Å²) in [6, 6.07) is 4.72. The highest BCUT2D eigenvalue weighted by molar-refractivity contribution is 9.10. The van der Waals surface area contributed by atoms with E-state index in [9.17, 15) is 0 Å². The SMILES string of the molecule is CC(C)N(CC#N)Cc1cc(Br)cs1. The maximum Gasteiger partial charge on any atom is 0.0871 e. The molecule has 0 aromatic carbocycles. The number of thiophene rings is 1. The van der Waals surface area contributed by atoms with E-state index >= 15 is 0 Å². The first kappa shape index (κ1) is 11.7. The smallest absolute Gasteiger partial charge is 0.0871 e. The second-order valence-electron chi connectivity index (χ2n) is 3.39. The molecule has 1 aromatic rings. The molecule has 0 unspecified atom stereocenters. The van der Waals surface area contributed by atoms with Gasteiger partial charge in [-0.25, -0.2) is 0 Å². The molecular weight excluding hydrogens is 260 g/mol. The van der Waals surface area contributed by atoms with Crippen LogP contribution in [0.1, 0.15) is 18.7 Å². The maximum atomic E-state index is 8.67. The lowest BCUT2D eigenvalue weighted by atomic mass is 10.3. The van der Waals surface area contributed by atoms with Crippen LogP contribution >= 0.6 is 27.3 Å². The van der Waals surface area contributed by atoms with E-state index in [0.29, 0.717) is 12.6 Å². The van der Waals surface area contributed by atoms with Crippen molar-refractivity contribution in [2.45, 2.75) is 26.4 Å². The number of nitrogens with zero attached hydrogens (tertiary/aromatic N) is 2. The highest BCUT2D eigenvalue weighted by Gasteiger charge is 2.10. The summed E-state index contributed by atoms with van der Waals surface area (Å²) < 4.78 is 1.12. The molecule has 0 saturated heterocycles. The molecule has 0 saturated carbocycles. The summed E-state index contributed by atoms with van der Waals surface area (Å²) >= 11 is 5.15. The number of rotatable bonds is 4. The molecule has 1 heterocycles. The van der Waals surface area contributed by atoms with Crippen molar-refractivity contribution in [2.75, 3.05) is 6.54 Å². The first-order valence-corrected chi connectivity index (χ1v) is 6.14. The zero-order valence-corrected chi connectivity index (χ0v) is 10.7. The third-order valence-corrected chi connectivity index (χ3v) is 3.67. The fraction of sp³-hybridized carbons (Fsp3) is 0.500. The van der Waals surface area contributed by atoms with E-state index in [1.165, 1.54) is 4.88 Å². The van der Waals surface area contributed by atoms with Crippen molar-refractivity contribution in [1.29, 1.82) is 5.26 Å². The largest absolute Gasteiger partial charge is 0.283 e. The molecule has 0 fully saturated rings. The molecule has 0 amide bonds. The van der Waals surface area contributed by atoms with Crippen LogP contribution in [-0.2, 0) is 6.54 Å². The van der Waals surface area contributed by atoms with Crippen LogP contribution in [0, 0.1) is 11.3 Å². The molecule has 0 aliphatic carbocycles. The Morgan fingerprint density at radius 2 is 2.36 bits per heavy atom. The molecule has 1 rings (SSSR count). The Bertz CT molecular complexity index is 327. The predicted octanol–water partition coefficient (Wildman–Crippen LogP) is 3.24. The average molecular weight is 273 g/mol. The van der Waals surface area contributed by atoms with Gasteiger partial charge in [-0.3, -0.25) is 4.90 Å². The quantitative estimate of drug-likeness (QED) is 0.787. The molecule has 0 spiro atoms. The number of hydrogen-bond acceptors (Lipinski definition) is 3. The summed E-state index contributed by atoms with van der Waals surface area (Å²) in [5, 5.41) is 10.7. The third-order valence-electron chi connectivity index (χ3n) is 1.98. The molecule has 1 aromatic heterocycles. The van der Waals surface area contributed by atoms with Crippen molar-refractivity contribution < 1.29 is 0 Å². The average Bonchev–Trinajstić information content (AvgIpc) is 2.50. The van der Waals surface area contributed by atoms with Gasteiger partial charge in [-0.2, -0.15) is 5.26 Å². The molecular formula is C10H13BrN2S. The predicted molar refractivity (Wildman–Crippen MR) is 63.2 cm³/mol. The van der Waals surface area contributed by atoms with E-state index in [4.69, 9.17) is 5.26 Å². The fourth-order valence-electron chi connectivity index (χ4n) is 1.15. The van der Waals surface area contributed by atoms with Crippen LogP contribution < -0.4 is 0 Å². The molecule has 0 atom stereocenters. The van der Waals surface area contributed by atoms with Crippen LogP contribution in [0.5, 0.6) is 0 Å². The lowest BCUT2D eigenvalue weighted by Gasteiger charge is -2.22. The Hall–Kier alpha value is -0.370. The van der Waals surface area contributed by atoms with E-state index in [0.717, 1.165) is 11.0 Å². The summed E-state index contributed by atoms with van der Waals surface area (Å²) in [6.45, 7) is 5.58. The van der Waals surface area contributed by atoms with Gasteiger partial charge in [0.1, 0.15) is 0 Å². The number of hydrogen-bond donors (Lipinski definition) is 0. The Balaban J connectivity index is 2.60. The van der Waals surface area contributed by atoms with Crippen LogP contribution in [0.25, 0.3) is 0 Å². The van der Waals surface area contributed by atoms with Gasteiger partial charge in [0.15, 0.2) is 0 Å². The van der Waals surface area contributed by atoms with E-state index in [2.05, 4.69) is 52.2 Å². The molecule has 0 N–H and O–H groups in total. The summed E-state index contributed by atoms with van der Waals surface area (Å²) in [5.74, 6) is 0. The summed E-state index contributed by atoms with van der Waals surface area (Å²) in [6.07, 6.45) is 0. The number of halogens is 1. The molecule has 4 heteroatoms. The second kappa shape index (κ2) is 5.50. The van der Waals surface area contributed by atoms with Crippen molar-refractivity contribution >= 4 is 27.3 Å². The Morgan fingerprint density at radius 1 is 1.64 bits per heavy atom. The van der Waals surface area contributed by atoms with Crippen LogP contribution in [0.3, 0.4) is 0 Å². The normalized spacial score (nSPS) is 10.9. The van der Waals surface area contributed by atoms with E-state index < -0.39 is 0 Å².